The van der Waals surface area contributed by atoms with Gasteiger partial charge in [0.2, 0.25) is 0 Å². The van der Waals surface area contributed by atoms with Crippen LogP contribution in [0.15, 0.2) is 188 Å². The lowest BCUT2D eigenvalue weighted by molar-refractivity contribution is 1.06. The van der Waals surface area contributed by atoms with Crippen LogP contribution < -0.4 is 0 Å². The molecule has 4 aromatic heterocycles. The summed E-state index contributed by atoms with van der Waals surface area (Å²) < 4.78 is 4.95. The van der Waals surface area contributed by atoms with E-state index in [0.29, 0.717) is 17.5 Å². The Morgan fingerprint density at radius 1 is 0.304 bits per heavy atom. The van der Waals surface area contributed by atoms with Gasteiger partial charge in [0.15, 0.2) is 17.5 Å². The average molecular weight is 714 g/mol. The number of para-hydroxylation sites is 3. The zero-order valence-electron chi connectivity index (χ0n) is 30.1. The summed E-state index contributed by atoms with van der Waals surface area (Å²) in [7, 11) is 0. The largest absolute Gasteiger partial charge is 0.308 e. The van der Waals surface area contributed by atoms with Gasteiger partial charge in [-0.15, -0.1) is 0 Å². The lowest BCUT2D eigenvalue weighted by atomic mass is 9.98. The first-order valence-corrected chi connectivity index (χ1v) is 19.0. The van der Waals surface area contributed by atoms with E-state index in [-0.39, 0.29) is 0 Å². The van der Waals surface area contributed by atoms with Crippen LogP contribution in [0.2, 0.25) is 0 Å². The van der Waals surface area contributed by atoms with E-state index in [0.717, 1.165) is 44.5 Å². The molecule has 260 valence electrons. The standard InChI is InChI=1S/C51H31N5/c1-4-16-32(17-5-1)35-23-12-27-40(51-53-49(33-18-6-2-7-19-33)52-50(54-51)34-20-8-3-9-21-34)47(35)56-42-29-14-24-37-39-26-13-25-38-36-22-10-11-28-41(36)55(48(38)39)43-30-15-31-44(56)46(43)45(37)42/h1-31H. The van der Waals surface area contributed by atoms with Gasteiger partial charge in [-0.25, -0.2) is 15.0 Å². The van der Waals surface area contributed by atoms with E-state index in [2.05, 4.69) is 161 Å². The zero-order chi connectivity index (χ0) is 36.7. The van der Waals surface area contributed by atoms with E-state index in [4.69, 9.17) is 15.0 Å². The van der Waals surface area contributed by atoms with Gasteiger partial charge in [0.1, 0.15) is 0 Å². The molecule has 0 bridgehead atoms. The van der Waals surface area contributed by atoms with Crippen molar-refractivity contribution in [3.8, 4) is 51.0 Å². The highest BCUT2D eigenvalue weighted by Gasteiger charge is 2.26. The third kappa shape index (κ3) is 4.39. The van der Waals surface area contributed by atoms with Crippen molar-refractivity contribution in [3.63, 3.8) is 0 Å². The fraction of sp³-hybridized carbons (Fsp3) is 0. The molecule has 0 aliphatic rings. The van der Waals surface area contributed by atoms with Gasteiger partial charge in [-0.2, -0.15) is 0 Å². The Morgan fingerprint density at radius 2 is 0.768 bits per heavy atom. The van der Waals surface area contributed by atoms with Crippen molar-refractivity contribution in [2.45, 2.75) is 0 Å². The summed E-state index contributed by atoms with van der Waals surface area (Å²) in [5, 5.41) is 7.43. The number of rotatable bonds is 5. The highest BCUT2D eigenvalue weighted by atomic mass is 15.1. The van der Waals surface area contributed by atoms with Crippen molar-refractivity contribution in [2.24, 2.45) is 0 Å². The van der Waals surface area contributed by atoms with Gasteiger partial charge in [0, 0.05) is 49.2 Å². The Hall–Kier alpha value is -7.63. The summed E-state index contributed by atoms with van der Waals surface area (Å²) in [6.45, 7) is 0. The van der Waals surface area contributed by atoms with Crippen molar-refractivity contribution in [1.82, 2.24) is 23.9 Å². The molecule has 12 aromatic rings. The Kier molecular flexibility index (Phi) is 6.56. The number of aromatic nitrogens is 5. The van der Waals surface area contributed by atoms with E-state index < -0.39 is 0 Å². The van der Waals surface area contributed by atoms with Crippen molar-refractivity contribution < 1.29 is 0 Å². The fourth-order valence-corrected chi connectivity index (χ4v) is 8.97. The second-order valence-electron chi connectivity index (χ2n) is 14.4. The third-order valence-corrected chi connectivity index (χ3v) is 11.3. The zero-order valence-corrected chi connectivity index (χ0v) is 30.1. The van der Waals surface area contributed by atoms with Crippen LogP contribution in [0.4, 0.5) is 0 Å². The van der Waals surface area contributed by atoms with Crippen LogP contribution in [0.3, 0.4) is 0 Å². The minimum absolute atomic E-state index is 0.614. The maximum Gasteiger partial charge on any atom is 0.166 e. The molecule has 0 unspecified atom stereocenters. The molecule has 0 saturated carbocycles. The SMILES string of the molecule is c1ccc(-c2nc(-c3ccccc3)nc(-c3cccc(-c4ccccc4)c3-n3c4cccc5c6cccc7c8ccccc8n(c8cccc3c8c54)c67)n2)cc1. The first-order chi connectivity index (χ1) is 27.8. The van der Waals surface area contributed by atoms with Crippen LogP contribution in [0, 0.1) is 0 Å². The van der Waals surface area contributed by atoms with Crippen LogP contribution in [0.5, 0.6) is 0 Å². The second-order valence-corrected chi connectivity index (χ2v) is 14.4. The van der Waals surface area contributed by atoms with Gasteiger partial charge in [-0.1, -0.05) is 158 Å². The second kappa shape index (κ2) is 11.9. The Morgan fingerprint density at radius 3 is 1.48 bits per heavy atom. The number of nitrogens with zero attached hydrogens (tertiary/aromatic N) is 5. The molecule has 0 spiro atoms. The summed E-state index contributed by atoms with van der Waals surface area (Å²) in [4.78, 5) is 15.6. The van der Waals surface area contributed by atoms with Gasteiger partial charge >= 0.3 is 0 Å². The smallest absolute Gasteiger partial charge is 0.166 e. The first-order valence-electron chi connectivity index (χ1n) is 19.0. The third-order valence-electron chi connectivity index (χ3n) is 11.3. The van der Waals surface area contributed by atoms with E-state index in [9.17, 15) is 0 Å². The van der Waals surface area contributed by atoms with E-state index in [1.54, 1.807) is 0 Å². The predicted molar refractivity (Wildman–Crippen MR) is 231 cm³/mol. The van der Waals surface area contributed by atoms with Crippen molar-refractivity contribution in [2.75, 3.05) is 0 Å². The van der Waals surface area contributed by atoms with Crippen molar-refractivity contribution in [3.05, 3.63) is 188 Å². The topological polar surface area (TPSA) is 48.0 Å². The molecule has 0 atom stereocenters. The number of hydrogen-bond donors (Lipinski definition) is 0. The molecule has 0 amide bonds. The Bertz CT molecular complexity index is 3400. The molecule has 4 heterocycles. The molecule has 56 heavy (non-hydrogen) atoms. The van der Waals surface area contributed by atoms with Crippen LogP contribution in [0.25, 0.3) is 111 Å². The molecular formula is C51H31N5. The molecule has 5 nitrogen and oxygen atoms in total. The van der Waals surface area contributed by atoms with Crippen LogP contribution in [-0.4, -0.2) is 23.9 Å². The number of benzene rings is 8. The summed E-state index contributed by atoms with van der Waals surface area (Å²) in [5.74, 6) is 1.88. The predicted octanol–water partition coefficient (Wildman–Crippen LogP) is 12.8. The molecule has 0 aliphatic carbocycles. The van der Waals surface area contributed by atoms with Gasteiger partial charge in [0.05, 0.1) is 33.3 Å². The highest BCUT2D eigenvalue weighted by molar-refractivity contribution is 6.31. The lowest BCUT2D eigenvalue weighted by Crippen LogP contribution is -2.05. The summed E-state index contributed by atoms with van der Waals surface area (Å²) >= 11 is 0. The lowest BCUT2D eigenvalue weighted by Gasteiger charge is -2.19. The summed E-state index contributed by atoms with van der Waals surface area (Å²) in [5.41, 5.74) is 11.9. The maximum absolute atomic E-state index is 5.27. The summed E-state index contributed by atoms with van der Waals surface area (Å²) in [6, 6.07) is 66.6. The van der Waals surface area contributed by atoms with Crippen LogP contribution >= 0.6 is 0 Å². The van der Waals surface area contributed by atoms with Crippen LogP contribution in [0.1, 0.15) is 0 Å². The number of hydrogen-bond acceptors (Lipinski definition) is 3. The van der Waals surface area contributed by atoms with Crippen molar-refractivity contribution >= 4 is 59.9 Å². The molecule has 12 rings (SSSR count). The highest BCUT2D eigenvalue weighted by Crippen LogP contribution is 2.46. The first kappa shape index (κ1) is 30.8. The molecule has 0 radical (unpaired) electrons. The molecule has 0 aliphatic heterocycles. The summed E-state index contributed by atoms with van der Waals surface area (Å²) in [6.07, 6.45) is 0. The maximum atomic E-state index is 5.27. The molecular weight excluding hydrogens is 683 g/mol. The molecule has 0 N–H and O–H groups in total. The number of fused-ring (bicyclic) bond motifs is 5. The normalized spacial score (nSPS) is 11.9. The molecule has 8 aromatic carbocycles. The Balaban J connectivity index is 1.26. The van der Waals surface area contributed by atoms with E-state index in [1.165, 1.54) is 48.9 Å². The molecule has 0 fully saturated rings. The van der Waals surface area contributed by atoms with Gasteiger partial charge in [0.25, 0.3) is 0 Å². The van der Waals surface area contributed by atoms with Crippen molar-refractivity contribution in [1.29, 1.82) is 0 Å². The minimum Gasteiger partial charge on any atom is -0.308 e. The molecule has 5 heteroatoms. The van der Waals surface area contributed by atoms with E-state index >= 15 is 0 Å². The average Bonchev–Trinajstić information content (AvgIpc) is 3.76. The van der Waals surface area contributed by atoms with E-state index in [1.807, 2.05) is 36.4 Å². The fourth-order valence-electron chi connectivity index (χ4n) is 8.97. The van der Waals surface area contributed by atoms with Gasteiger partial charge in [-0.3, -0.25) is 0 Å². The van der Waals surface area contributed by atoms with Gasteiger partial charge < -0.3 is 8.97 Å². The van der Waals surface area contributed by atoms with Crippen LogP contribution in [-0.2, 0) is 0 Å². The Labute approximate surface area is 321 Å². The molecule has 0 saturated heterocycles. The quantitative estimate of drug-likeness (QED) is 0.178. The monoisotopic (exact) mass is 713 g/mol. The minimum atomic E-state index is 0.614. The van der Waals surface area contributed by atoms with Gasteiger partial charge in [-0.05, 0) is 41.3 Å².